The minimum absolute atomic E-state index is 0.0731. The fourth-order valence-corrected chi connectivity index (χ4v) is 4.49. The monoisotopic (exact) mass is 486 g/mol. The van der Waals surface area contributed by atoms with Crippen molar-refractivity contribution in [3.8, 4) is 11.5 Å². The lowest BCUT2D eigenvalue weighted by atomic mass is 9.95. The van der Waals surface area contributed by atoms with E-state index in [1.807, 2.05) is 37.3 Å². The molecule has 0 saturated heterocycles. The van der Waals surface area contributed by atoms with Crippen LogP contribution in [0.3, 0.4) is 0 Å². The zero-order valence-corrected chi connectivity index (χ0v) is 21.1. The molecule has 0 unspecified atom stereocenters. The molecule has 2 aromatic carbocycles. The first-order valence-corrected chi connectivity index (χ1v) is 12.3. The van der Waals surface area contributed by atoms with Crippen LogP contribution in [0.5, 0.6) is 11.5 Å². The highest BCUT2D eigenvalue weighted by Gasteiger charge is 2.28. The first-order chi connectivity index (χ1) is 16.4. The zero-order valence-electron chi connectivity index (χ0n) is 20.3. The molecule has 2 aromatic rings. The second-order valence-corrected chi connectivity index (χ2v) is 9.29. The average Bonchev–Trinajstić information content (AvgIpc) is 2.86. The Morgan fingerprint density at radius 1 is 1.00 bits per heavy atom. The number of carbonyl (C=O) groups excluding carboxylic acids is 2. The van der Waals surface area contributed by atoms with Crippen LogP contribution < -0.4 is 14.8 Å². The van der Waals surface area contributed by atoms with Crippen molar-refractivity contribution in [3.63, 3.8) is 0 Å². The first kappa shape index (κ1) is 25.9. The molecule has 0 bridgehead atoms. The summed E-state index contributed by atoms with van der Waals surface area (Å²) >= 11 is 6.03. The topological polar surface area (TPSA) is 67.9 Å². The third-order valence-electron chi connectivity index (χ3n) is 6.46. The predicted molar refractivity (Wildman–Crippen MR) is 134 cm³/mol. The summed E-state index contributed by atoms with van der Waals surface area (Å²) in [4.78, 5) is 28.1. The average molecular weight is 487 g/mol. The van der Waals surface area contributed by atoms with E-state index in [4.69, 9.17) is 21.1 Å². The summed E-state index contributed by atoms with van der Waals surface area (Å²) in [6.07, 6.45) is 6.32. The number of amides is 2. The van der Waals surface area contributed by atoms with Crippen LogP contribution >= 0.6 is 11.6 Å². The highest BCUT2D eigenvalue weighted by atomic mass is 35.5. The van der Waals surface area contributed by atoms with Gasteiger partial charge in [0.25, 0.3) is 0 Å². The maximum atomic E-state index is 13.4. The minimum atomic E-state index is -0.574. The molecule has 1 aliphatic rings. The summed E-state index contributed by atoms with van der Waals surface area (Å²) in [6, 6.07) is 12.7. The number of methoxy groups -OCH3 is 2. The molecule has 184 valence electrons. The summed E-state index contributed by atoms with van der Waals surface area (Å²) in [5.74, 6) is 1.11. The van der Waals surface area contributed by atoms with Crippen molar-refractivity contribution in [2.75, 3.05) is 14.2 Å². The van der Waals surface area contributed by atoms with Gasteiger partial charge in [0.15, 0.2) is 11.5 Å². The maximum absolute atomic E-state index is 13.4. The Morgan fingerprint density at radius 2 is 1.65 bits per heavy atom. The van der Waals surface area contributed by atoms with Crippen LogP contribution in [0.1, 0.15) is 56.6 Å². The number of hydrogen-bond donors (Lipinski definition) is 1. The molecule has 1 fully saturated rings. The molecular weight excluding hydrogens is 452 g/mol. The number of nitrogens with zero attached hydrogens (tertiary/aromatic N) is 1. The zero-order chi connectivity index (χ0) is 24.5. The van der Waals surface area contributed by atoms with E-state index in [9.17, 15) is 9.59 Å². The van der Waals surface area contributed by atoms with Crippen LogP contribution in [-0.2, 0) is 22.6 Å². The van der Waals surface area contributed by atoms with Crippen molar-refractivity contribution in [2.24, 2.45) is 0 Å². The molecule has 0 heterocycles. The summed E-state index contributed by atoms with van der Waals surface area (Å²) < 4.78 is 10.7. The molecule has 0 radical (unpaired) electrons. The molecular formula is C27H35ClN2O4. The third kappa shape index (κ3) is 7.13. The van der Waals surface area contributed by atoms with Crippen molar-refractivity contribution in [1.29, 1.82) is 0 Å². The number of halogens is 1. The van der Waals surface area contributed by atoms with Crippen molar-refractivity contribution < 1.29 is 19.1 Å². The van der Waals surface area contributed by atoms with E-state index in [0.29, 0.717) is 29.5 Å². The molecule has 7 heteroatoms. The fraction of sp³-hybridized carbons (Fsp3) is 0.481. The summed E-state index contributed by atoms with van der Waals surface area (Å²) in [5, 5.41) is 3.80. The summed E-state index contributed by atoms with van der Waals surface area (Å²) in [7, 11) is 3.18. The van der Waals surface area contributed by atoms with Crippen LogP contribution in [0.15, 0.2) is 42.5 Å². The van der Waals surface area contributed by atoms with E-state index in [1.54, 1.807) is 31.3 Å². The molecule has 1 atom stereocenters. The van der Waals surface area contributed by atoms with Crippen molar-refractivity contribution in [2.45, 2.75) is 70.5 Å². The number of nitrogens with one attached hydrogen (secondary N) is 1. The fourth-order valence-electron chi connectivity index (χ4n) is 4.37. The number of benzene rings is 2. The Hall–Kier alpha value is -2.73. The van der Waals surface area contributed by atoms with E-state index in [0.717, 1.165) is 36.8 Å². The number of rotatable bonds is 10. The number of aryl methyl sites for hydroxylation is 1. The molecule has 0 aromatic heterocycles. The van der Waals surface area contributed by atoms with Gasteiger partial charge in [0, 0.05) is 24.0 Å². The molecule has 3 rings (SSSR count). The standard InChI is InChI=1S/C27H35ClN2O4/c1-19(27(32)29-23-7-5-4-6-8-23)30(18-21-9-13-22(28)14-10-21)26(31)16-12-20-11-15-24(33-2)25(17-20)34-3/h9-11,13-15,17,19,23H,4-8,12,16,18H2,1-3H3,(H,29,32)/t19-/m1/s1. The lowest BCUT2D eigenvalue weighted by Crippen LogP contribution is -2.50. The lowest BCUT2D eigenvalue weighted by molar-refractivity contribution is -0.141. The van der Waals surface area contributed by atoms with Gasteiger partial charge in [-0.05, 0) is 61.6 Å². The molecule has 0 spiro atoms. The maximum Gasteiger partial charge on any atom is 0.242 e. The Balaban J connectivity index is 1.71. The molecule has 6 nitrogen and oxygen atoms in total. The van der Waals surface area contributed by atoms with Gasteiger partial charge in [-0.3, -0.25) is 9.59 Å². The molecule has 2 amide bonds. The normalized spacial score (nSPS) is 14.8. The van der Waals surface area contributed by atoms with Crippen LogP contribution in [0, 0.1) is 0 Å². The molecule has 0 aliphatic heterocycles. The number of hydrogen-bond acceptors (Lipinski definition) is 4. The van der Waals surface area contributed by atoms with E-state index < -0.39 is 6.04 Å². The van der Waals surface area contributed by atoms with Gasteiger partial charge >= 0.3 is 0 Å². The van der Waals surface area contributed by atoms with E-state index in [1.165, 1.54) is 6.42 Å². The van der Waals surface area contributed by atoms with Crippen LogP contribution in [0.25, 0.3) is 0 Å². The summed E-state index contributed by atoms with van der Waals surface area (Å²) in [6.45, 7) is 2.16. The second-order valence-electron chi connectivity index (χ2n) is 8.86. The van der Waals surface area contributed by atoms with Crippen LogP contribution in [-0.4, -0.2) is 43.0 Å². The highest BCUT2D eigenvalue weighted by Crippen LogP contribution is 2.28. The third-order valence-corrected chi connectivity index (χ3v) is 6.71. The SMILES string of the molecule is COc1ccc(CCC(=O)N(Cc2ccc(Cl)cc2)[C@H](C)C(=O)NC2CCCCC2)cc1OC. The van der Waals surface area contributed by atoms with Gasteiger partial charge < -0.3 is 19.7 Å². The number of carbonyl (C=O) groups is 2. The smallest absolute Gasteiger partial charge is 0.242 e. The van der Waals surface area contributed by atoms with Crippen LogP contribution in [0.4, 0.5) is 0 Å². The van der Waals surface area contributed by atoms with Gasteiger partial charge in [0.1, 0.15) is 6.04 Å². The predicted octanol–water partition coefficient (Wildman–Crippen LogP) is 5.16. The van der Waals surface area contributed by atoms with E-state index in [-0.39, 0.29) is 24.3 Å². The molecule has 1 N–H and O–H groups in total. The molecule has 1 saturated carbocycles. The second kappa shape index (κ2) is 12.7. The van der Waals surface area contributed by atoms with Gasteiger partial charge in [-0.2, -0.15) is 0 Å². The van der Waals surface area contributed by atoms with E-state index in [2.05, 4.69) is 5.32 Å². The Kier molecular flexibility index (Phi) is 9.63. The first-order valence-electron chi connectivity index (χ1n) is 12.0. The van der Waals surface area contributed by atoms with Gasteiger partial charge in [0.05, 0.1) is 14.2 Å². The Morgan fingerprint density at radius 3 is 2.29 bits per heavy atom. The Bertz CT molecular complexity index is 958. The van der Waals surface area contributed by atoms with Gasteiger partial charge in [0.2, 0.25) is 11.8 Å². The molecule has 1 aliphatic carbocycles. The largest absolute Gasteiger partial charge is 0.493 e. The Labute approximate surface area is 207 Å². The summed E-state index contributed by atoms with van der Waals surface area (Å²) in [5.41, 5.74) is 1.90. The van der Waals surface area contributed by atoms with Gasteiger partial charge in [-0.1, -0.05) is 49.1 Å². The highest BCUT2D eigenvalue weighted by molar-refractivity contribution is 6.30. The van der Waals surface area contributed by atoms with E-state index >= 15 is 0 Å². The quantitative estimate of drug-likeness (QED) is 0.504. The van der Waals surface area contributed by atoms with Crippen molar-refractivity contribution in [3.05, 3.63) is 58.6 Å². The van der Waals surface area contributed by atoms with Gasteiger partial charge in [-0.25, -0.2) is 0 Å². The lowest BCUT2D eigenvalue weighted by Gasteiger charge is -2.31. The van der Waals surface area contributed by atoms with Crippen molar-refractivity contribution >= 4 is 23.4 Å². The minimum Gasteiger partial charge on any atom is -0.493 e. The van der Waals surface area contributed by atoms with Crippen molar-refractivity contribution in [1.82, 2.24) is 10.2 Å². The van der Waals surface area contributed by atoms with Gasteiger partial charge in [-0.15, -0.1) is 0 Å². The number of ether oxygens (including phenoxy) is 2. The van der Waals surface area contributed by atoms with Crippen LogP contribution in [0.2, 0.25) is 5.02 Å². The molecule has 34 heavy (non-hydrogen) atoms.